The summed E-state index contributed by atoms with van der Waals surface area (Å²) in [6, 6.07) is 2.67. The third-order valence-corrected chi connectivity index (χ3v) is 3.63. The summed E-state index contributed by atoms with van der Waals surface area (Å²) in [6.45, 7) is 6.13. The zero-order chi connectivity index (χ0) is 15.0. The maximum absolute atomic E-state index is 13.9. The van der Waals surface area contributed by atoms with Gasteiger partial charge in [0.1, 0.15) is 11.6 Å². The monoisotopic (exact) mass is 293 g/mol. The first-order chi connectivity index (χ1) is 10.0. The molecule has 0 unspecified atom stereocenters. The van der Waals surface area contributed by atoms with Crippen LogP contribution in [0.5, 0.6) is 0 Å². The Balaban J connectivity index is 1.90. The van der Waals surface area contributed by atoms with Crippen LogP contribution in [-0.4, -0.2) is 40.9 Å². The second-order valence-electron chi connectivity index (χ2n) is 5.37. The molecule has 1 saturated heterocycles. The number of anilines is 1. The quantitative estimate of drug-likeness (QED) is 0.887. The molecule has 5 nitrogen and oxygen atoms in total. The van der Waals surface area contributed by atoms with E-state index in [0.29, 0.717) is 23.4 Å². The Bertz CT molecular complexity index is 655. The van der Waals surface area contributed by atoms with Crippen molar-refractivity contribution in [1.82, 2.24) is 20.5 Å². The molecule has 0 aliphatic carbocycles. The second kappa shape index (κ2) is 5.40. The molecule has 21 heavy (non-hydrogen) atoms. The SMILES string of the molecule is Cc1cc(-c2nc(N3CCN[C@H](C)C3)n[nH]2)c(F)cc1F. The van der Waals surface area contributed by atoms with Gasteiger partial charge in [0.25, 0.3) is 0 Å². The topological polar surface area (TPSA) is 56.8 Å². The van der Waals surface area contributed by atoms with Crippen molar-refractivity contribution in [3.8, 4) is 11.4 Å². The fourth-order valence-electron chi connectivity index (χ4n) is 2.47. The van der Waals surface area contributed by atoms with Gasteiger partial charge in [0.05, 0.1) is 5.56 Å². The second-order valence-corrected chi connectivity index (χ2v) is 5.37. The first-order valence-corrected chi connectivity index (χ1v) is 6.91. The van der Waals surface area contributed by atoms with Gasteiger partial charge in [-0.2, -0.15) is 4.98 Å². The van der Waals surface area contributed by atoms with Crippen LogP contribution in [-0.2, 0) is 0 Å². The lowest BCUT2D eigenvalue weighted by Gasteiger charge is -2.30. The van der Waals surface area contributed by atoms with Gasteiger partial charge in [-0.15, -0.1) is 5.10 Å². The molecule has 7 heteroatoms. The van der Waals surface area contributed by atoms with Gasteiger partial charge in [0.2, 0.25) is 5.95 Å². The zero-order valence-electron chi connectivity index (χ0n) is 12.0. The molecule has 0 saturated carbocycles. The molecule has 1 atom stereocenters. The number of nitrogens with zero attached hydrogens (tertiary/aromatic N) is 3. The summed E-state index contributed by atoms with van der Waals surface area (Å²) < 4.78 is 27.2. The number of hydrogen-bond acceptors (Lipinski definition) is 4. The fourth-order valence-corrected chi connectivity index (χ4v) is 2.47. The molecule has 1 aromatic carbocycles. The molecule has 1 fully saturated rings. The van der Waals surface area contributed by atoms with Crippen LogP contribution in [0.3, 0.4) is 0 Å². The largest absolute Gasteiger partial charge is 0.337 e. The number of hydrogen-bond donors (Lipinski definition) is 2. The molecular formula is C14H17F2N5. The molecule has 2 heterocycles. The molecule has 1 aliphatic heterocycles. The Morgan fingerprint density at radius 1 is 1.29 bits per heavy atom. The Kier molecular flexibility index (Phi) is 3.59. The first-order valence-electron chi connectivity index (χ1n) is 6.91. The number of nitrogens with one attached hydrogen (secondary N) is 2. The Morgan fingerprint density at radius 3 is 2.86 bits per heavy atom. The van der Waals surface area contributed by atoms with Crippen LogP contribution in [0.25, 0.3) is 11.4 Å². The third kappa shape index (κ3) is 2.73. The Hall–Kier alpha value is -2.02. The first kappa shape index (κ1) is 13.9. The van der Waals surface area contributed by atoms with E-state index in [4.69, 9.17) is 0 Å². The van der Waals surface area contributed by atoms with Crippen molar-refractivity contribution >= 4 is 5.95 Å². The number of aryl methyl sites for hydroxylation is 1. The predicted octanol–water partition coefficient (Wildman–Crippen LogP) is 1.86. The summed E-state index contributed by atoms with van der Waals surface area (Å²) >= 11 is 0. The van der Waals surface area contributed by atoms with Crippen LogP contribution in [0, 0.1) is 18.6 Å². The molecular weight excluding hydrogens is 276 g/mol. The molecule has 0 spiro atoms. The van der Waals surface area contributed by atoms with E-state index in [1.54, 1.807) is 6.92 Å². The normalized spacial score (nSPS) is 19.0. The average Bonchev–Trinajstić information content (AvgIpc) is 2.92. The van der Waals surface area contributed by atoms with Gasteiger partial charge in [-0.05, 0) is 25.5 Å². The maximum atomic E-state index is 13.9. The molecule has 2 N–H and O–H groups in total. The molecule has 1 aromatic heterocycles. The van der Waals surface area contributed by atoms with Gasteiger partial charge in [-0.3, -0.25) is 5.10 Å². The molecule has 3 rings (SSSR count). The minimum Gasteiger partial charge on any atom is -0.337 e. The van der Waals surface area contributed by atoms with E-state index in [2.05, 4.69) is 27.4 Å². The molecule has 0 radical (unpaired) electrons. The summed E-state index contributed by atoms with van der Waals surface area (Å²) in [5, 5.41) is 10.2. The summed E-state index contributed by atoms with van der Waals surface area (Å²) in [5.74, 6) is -0.349. The lowest BCUT2D eigenvalue weighted by atomic mass is 10.1. The van der Waals surface area contributed by atoms with Crippen molar-refractivity contribution in [2.75, 3.05) is 24.5 Å². The highest BCUT2D eigenvalue weighted by molar-refractivity contribution is 5.58. The summed E-state index contributed by atoms with van der Waals surface area (Å²) in [5.41, 5.74) is 0.607. The van der Waals surface area contributed by atoms with Crippen LogP contribution in [0.1, 0.15) is 12.5 Å². The van der Waals surface area contributed by atoms with E-state index in [-0.39, 0.29) is 5.56 Å². The number of aromatic nitrogens is 3. The highest BCUT2D eigenvalue weighted by Gasteiger charge is 2.20. The zero-order valence-corrected chi connectivity index (χ0v) is 12.0. The van der Waals surface area contributed by atoms with Crippen molar-refractivity contribution < 1.29 is 8.78 Å². The highest BCUT2D eigenvalue weighted by atomic mass is 19.1. The number of aromatic amines is 1. The minimum atomic E-state index is -0.644. The number of H-pyrrole nitrogens is 1. The van der Waals surface area contributed by atoms with Gasteiger partial charge in [0.15, 0.2) is 5.82 Å². The van der Waals surface area contributed by atoms with Crippen LogP contribution < -0.4 is 10.2 Å². The van der Waals surface area contributed by atoms with E-state index in [1.807, 2.05) is 4.90 Å². The van der Waals surface area contributed by atoms with E-state index < -0.39 is 11.6 Å². The van der Waals surface area contributed by atoms with Crippen LogP contribution in [0.2, 0.25) is 0 Å². The lowest BCUT2D eigenvalue weighted by molar-refractivity contribution is 0.480. The molecule has 1 aliphatic rings. The van der Waals surface area contributed by atoms with Crippen molar-refractivity contribution in [3.63, 3.8) is 0 Å². The van der Waals surface area contributed by atoms with E-state index in [9.17, 15) is 8.78 Å². The van der Waals surface area contributed by atoms with Crippen molar-refractivity contribution in [3.05, 3.63) is 29.3 Å². The van der Waals surface area contributed by atoms with E-state index in [0.717, 1.165) is 25.7 Å². The summed E-state index contributed by atoms with van der Waals surface area (Å²) in [6.07, 6.45) is 0. The Morgan fingerprint density at radius 2 is 2.10 bits per heavy atom. The maximum Gasteiger partial charge on any atom is 0.245 e. The smallest absolute Gasteiger partial charge is 0.245 e. The minimum absolute atomic E-state index is 0.232. The van der Waals surface area contributed by atoms with Crippen LogP contribution in [0.4, 0.5) is 14.7 Å². The number of rotatable bonds is 2. The van der Waals surface area contributed by atoms with Crippen molar-refractivity contribution in [2.45, 2.75) is 19.9 Å². The Labute approximate surface area is 121 Å². The standard InChI is InChI=1S/C14H17F2N5/c1-8-5-10(12(16)6-11(8)15)13-18-14(20-19-13)21-4-3-17-9(2)7-21/h5-6,9,17H,3-4,7H2,1-2H3,(H,18,19,20)/t9-/m1/s1. The van der Waals surface area contributed by atoms with Gasteiger partial charge >= 0.3 is 0 Å². The van der Waals surface area contributed by atoms with Gasteiger partial charge in [-0.1, -0.05) is 0 Å². The van der Waals surface area contributed by atoms with Crippen molar-refractivity contribution in [1.29, 1.82) is 0 Å². The van der Waals surface area contributed by atoms with E-state index >= 15 is 0 Å². The lowest BCUT2D eigenvalue weighted by Crippen LogP contribution is -2.49. The number of halogens is 2. The van der Waals surface area contributed by atoms with Gasteiger partial charge in [-0.25, -0.2) is 8.78 Å². The summed E-state index contributed by atoms with van der Waals surface area (Å²) in [4.78, 5) is 6.38. The molecule has 0 bridgehead atoms. The van der Waals surface area contributed by atoms with Crippen LogP contribution in [0.15, 0.2) is 12.1 Å². The summed E-state index contributed by atoms with van der Waals surface area (Å²) in [7, 11) is 0. The van der Waals surface area contributed by atoms with Crippen molar-refractivity contribution in [2.24, 2.45) is 0 Å². The van der Waals surface area contributed by atoms with E-state index in [1.165, 1.54) is 6.07 Å². The van der Waals surface area contributed by atoms with Gasteiger partial charge in [0, 0.05) is 31.7 Å². The highest BCUT2D eigenvalue weighted by Crippen LogP contribution is 2.24. The third-order valence-electron chi connectivity index (χ3n) is 3.63. The number of piperazine rings is 1. The molecule has 2 aromatic rings. The number of benzene rings is 1. The fraction of sp³-hybridized carbons (Fsp3) is 0.429. The molecule has 112 valence electrons. The molecule has 0 amide bonds. The van der Waals surface area contributed by atoms with Gasteiger partial charge < -0.3 is 10.2 Å². The predicted molar refractivity (Wildman–Crippen MR) is 76.1 cm³/mol. The van der Waals surface area contributed by atoms with Crippen LogP contribution >= 0.6 is 0 Å². The average molecular weight is 293 g/mol.